The van der Waals surface area contributed by atoms with Crippen molar-refractivity contribution in [3.63, 3.8) is 0 Å². The second-order valence-electron chi connectivity index (χ2n) is 5.38. The molecule has 6 nitrogen and oxygen atoms in total. The lowest BCUT2D eigenvalue weighted by molar-refractivity contribution is 0.271. The highest BCUT2D eigenvalue weighted by atomic mass is 35.5. The Morgan fingerprint density at radius 2 is 2.16 bits per heavy atom. The minimum absolute atomic E-state index is 0. The number of rotatable bonds is 3. The van der Waals surface area contributed by atoms with Crippen LogP contribution in [0.25, 0.3) is 0 Å². The van der Waals surface area contributed by atoms with E-state index in [1.54, 1.807) is 24.5 Å². The number of halogens is 2. The van der Waals surface area contributed by atoms with Crippen LogP contribution in [0.4, 0.5) is 4.39 Å². The number of piperazine rings is 1. The summed E-state index contributed by atoms with van der Waals surface area (Å²) in [5.74, 6) is -0.736. The maximum absolute atomic E-state index is 13.5. The van der Waals surface area contributed by atoms with Gasteiger partial charge < -0.3 is 5.32 Å². The maximum Gasteiger partial charge on any atom is 0.243 e. The Bertz CT molecular complexity index is 887. The molecule has 0 radical (unpaired) electrons. The van der Waals surface area contributed by atoms with E-state index in [-0.39, 0.29) is 29.4 Å². The van der Waals surface area contributed by atoms with Gasteiger partial charge in [-0.05, 0) is 29.8 Å². The third-order valence-electron chi connectivity index (χ3n) is 3.93. The van der Waals surface area contributed by atoms with Crippen molar-refractivity contribution in [2.24, 2.45) is 0 Å². The predicted octanol–water partition coefficient (Wildman–Crippen LogP) is 1.85. The van der Waals surface area contributed by atoms with Crippen LogP contribution in [0.15, 0.2) is 47.6 Å². The Hall–Kier alpha value is -2.05. The summed E-state index contributed by atoms with van der Waals surface area (Å²) in [4.78, 5) is 3.96. The first kappa shape index (κ1) is 19.3. The highest BCUT2D eigenvalue weighted by molar-refractivity contribution is 7.89. The summed E-state index contributed by atoms with van der Waals surface area (Å²) in [5.41, 5.74) is 0.486. The van der Waals surface area contributed by atoms with E-state index in [0.717, 1.165) is 17.7 Å². The molecule has 2 heterocycles. The Kier molecular flexibility index (Phi) is 6.08. The van der Waals surface area contributed by atoms with Crippen molar-refractivity contribution in [3.8, 4) is 6.07 Å². The molecule has 0 spiro atoms. The maximum atomic E-state index is 13.5. The van der Waals surface area contributed by atoms with Crippen LogP contribution in [-0.2, 0) is 10.0 Å². The first-order valence-corrected chi connectivity index (χ1v) is 8.80. The third-order valence-corrected chi connectivity index (χ3v) is 5.83. The van der Waals surface area contributed by atoms with E-state index < -0.39 is 21.9 Å². The summed E-state index contributed by atoms with van der Waals surface area (Å²) in [6, 6.07) is 8.10. The van der Waals surface area contributed by atoms with Crippen LogP contribution in [0.1, 0.15) is 17.2 Å². The second kappa shape index (κ2) is 7.89. The van der Waals surface area contributed by atoms with Crippen molar-refractivity contribution in [1.29, 1.82) is 5.26 Å². The number of aromatic nitrogens is 1. The van der Waals surface area contributed by atoms with Gasteiger partial charge in [0.05, 0.1) is 16.5 Å². The fourth-order valence-electron chi connectivity index (χ4n) is 2.72. The number of nitrogens with zero attached hydrogens (tertiary/aromatic N) is 3. The van der Waals surface area contributed by atoms with Gasteiger partial charge in [0, 0.05) is 32.0 Å². The lowest BCUT2D eigenvalue weighted by Crippen LogP contribution is -2.48. The van der Waals surface area contributed by atoms with Gasteiger partial charge in [-0.25, -0.2) is 12.8 Å². The minimum Gasteiger partial charge on any atom is -0.313 e. The van der Waals surface area contributed by atoms with Gasteiger partial charge in [0.1, 0.15) is 11.9 Å². The summed E-state index contributed by atoms with van der Waals surface area (Å²) >= 11 is 0. The molecule has 0 saturated carbocycles. The molecule has 3 rings (SSSR count). The van der Waals surface area contributed by atoms with Crippen LogP contribution >= 0.6 is 12.4 Å². The van der Waals surface area contributed by atoms with Gasteiger partial charge in [-0.15, -0.1) is 12.4 Å². The van der Waals surface area contributed by atoms with Crippen molar-refractivity contribution in [2.45, 2.75) is 10.9 Å². The van der Waals surface area contributed by atoms with Gasteiger partial charge in [0.15, 0.2) is 0 Å². The standard InChI is InChI=1S/C16H15FN4O2S.ClH/c17-15-4-3-14(8-13(15)9-18)24(22,23)21-7-6-20-11-16(21)12-2-1-5-19-10-12;/h1-5,8,10,16,20H,6-7,11H2;1H. The monoisotopic (exact) mass is 382 g/mol. The molecule has 1 aliphatic rings. The zero-order valence-electron chi connectivity index (χ0n) is 13.1. The largest absolute Gasteiger partial charge is 0.313 e. The molecule has 1 unspecified atom stereocenters. The van der Waals surface area contributed by atoms with E-state index in [4.69, 9.17) is 5.26 Å². The number of benzene rings is 1. The van der Waals surface area contributed by atoms with E-state index in [9.17, 15) is 12.8 Å². The van der Waals surface area contributed by atoms with Crippen LogP contribution < -0.4 is 5.32 Å². The van der Waals surface area contributed by atoms with Gasteiger partial charge in [-0.2, -0.15) is 9.57 Å². The number of nitrogens with one attached hydrogen (secondary N) is 1. The van der Waals surface area contributed by atoms with Crippen LogP contribution in [0, 0.1) is 17.1 Å². The third kappa shape index (κ3) is 3.80. The lowest BCUT2D eigenvalue weighted by Gasteiger charge is -2.35. The normalized spacial score (nSPS) is 18.2. The SMILES string of the molecule is Cl.N#Cc1cc(S(=O)(=O)N2CCNCC2c2cccnc2)ccc1F. The molecular weight excluding hydrogens is 367 g/mol. The zero-order valence-corrected chi connectivity index (χ0v) is 14.7. The first-order chi connectivity index (χ1) is 11.5. The van der Waals surface area contributed by atoms with Gasteiger partial charge in [0.2, 0.25) is 10.0 Å². The topological polar surface area (TPSA) is 86.1 Å². The molecule has 132 valence electrons. The molecule has 1 saturated heterocycles. The Labute approximate surface area is 151 Å². The summed E-state index contributed by atoms with van der Waals surface area (Å²) < 4.78 is 40.9. The molecule has 1 atom stereocenters. The van der Waals surface area contributed by atoms with Gasteiger partial charge in [-0.1, -0.05) is 6.07 Å². The molecule has 1 aromatic heterocycles. The number of hydrogen-bond acceptors (Lipinski definition) is 5. The average molecular weight is 383 g/mol. The smallest absolute Gasteiger partial charge is 0.243 e. The van der Waals surface area contributed by atoms with E-state index in [1.165, 1.54) is 10.4 Å². The predicted molar refractivity (Wildman–Crippen MR) is 92.1 cm³/mol. The van der Waals surface area contributed by atoms with Gasteiger partial charge >= 0.3 is 0 Å². The molecule has 1 aliphatic heterocycles. The summed E-state index contributed by atoms with van der Waals surface area (Å²) in [7, 11) is -3.86. The van der Waals surface area contributed by atoms with Gasteiger partial charge in [-0.3, -0.25) is 4.98 Å². The molecule has 2 aromatic rings. The Balaban J connectivity index is 0.00000225. The van der Waals surface area contributed by atoms with Crippen molar-refractivity contribution in [3.05, 3.63) is 59.7 Å². The van der Waals surface area contributed by atoms with E-state index in [2.05, 4.69) is 10.3 Å². The van der Waals surface area contributed by atoms with Crippen molar-refractivity contribution in [1.82, 2.24) is 14.6 Å². The summed E-state index contributed by atoms with van der Waals surface area (Å²) in [5, 5.41) is 12.1. The summed E-state index contributed by atoms with van der Waals surface area (Å²) in [6.45, 7) is 1.25. The fourth-order valence-corrected chi connectivity index (χ4v) is 4.36. The van der Waals surface area contributed by atoms with E-state index >= 15 is 0 Å². The quantitative estimate of drug-likeness (QED) is 0.875. The molecule has 1 fully saturated rings. The van der Waals surface area contributed by atoms with Crippen LogP contribution in [0.5, 0.6) is 0 Å². The van der Waals surface area contributed by atoms with Crippen LogP contribution in [-0.4, -0.2) is 37.3 Å². The molecule has 0 amide bonds. The van der Waals surface area contributed by atoms with Crippen molar-refractivity contribution < 1.29 is 12.8 Å². The minimum atomic E-state index is -3.86. The Morgan fingerprint density at radius 1 is 1.36 bits per heavy atom. The molecule has 9 heteroatoms. The van der Waals surface area contributed by atoms with Crippen LogP contribution in [0.3, 0.4) is 0 Å². The fraction of sp³-hybridized carbons (Fsp3) is 0.250. The Morgan fingerprint density at radius 3 is 2.84 bits per heavy atom. The molecule has 1 N–H and O–H groups in total. The number of sulfonamides is 1. The number of hydrogen-bond donors (Lipinski definition) is 1. The lowest BCUT2D eigenvalue weighted by atomic mass is 10.1. The highest BCUT2D eigenvalue weighted by Crippen LogP contribution is 2.29. The number of nitriles is 1. The molecular formula is C16H16ClFN4O2S. The second-order valence-corrected chi connectivity index (χ2v) is 7.27. The highest BCUT2D eigenvalue weighted by Gasteiger charge is 2.34. The van der Waals surface area contributed by atoms with E-state index in [1.807, 2.05) is 6.07 Å². The zero-order chi connectivity index (χ0) is 17.2. The van der Waals surface area contributed by atoms with E-state index in [0.29, 0.717) is 13.1 Å². The van der Waals surface area contributed by atoms with Crippen LogP contribution in [0.2, 0.25) is 0 Å². The first-order valence-electron chi connectivity index (χ1n) is 7.36. The summed E-state index contributed by atoms with van der Waals surface area (Å²) in [6.07, 6.45) is 3.25. The number of pyridine rings is 1. The molecule has 25 heavy (non-hydrogen) atoms. The van der Waals surface area contributed by atoms with Crippen molar-refractivity contribution in [2.75, 3.05) is 19.6 Å². The van der Waals surface area contributed by atoms with Gasteiger partial charge in [0.25, 0.3) is 0 Å². The van der Waals surface area contributed by atoms with Crippen molar-refractivity contribution >= 4 is 22.4 Å². The molecule has 0 aliphatic carbocycles. The molecule has 0 bridgehead atoms. The molecule has 1 aromatic carbocycles. The average Bonchev–Trinajstić information content (AvgIpc) is 2.62.